The van der Waals surface area contributed by atoms with E-state index >= 15 is 0 Å². The molecule has 0 fully saturated rings. The monoisotopic (exact) mass is 519 g/mol. The number of anilines is 2. The number of amides is 3. The summed E-state index contributed by atoms with van der Waals surface area (Å²) in [5.41, 5.74) is 1.82. The molecule has 0 radical (unpaired) electrons. The quantitative estimate of drug-likeness (QED) is 0.425. The molecule has 1 atom stereocenters. The van der Waals surface area contributed by atoms with E-state index in [-0.39, 0.29) is 12.1 Å². The zero-order valence-corrected chi connectivity index (χ0v) is 21.2. The van der Waals surface area contributed by atoms with E-state index in [0.717, 1.165) is 4.90 Å². The summed E-state index contributed by atoms with van der Waals surface area (Å²) >= 11 is 6.38. The number of ether oxygens (including phenoxy) is 1. The van der Waals surface area contributed by atoms with Crippen molar-refractivity contribution in [1.29, 1.82) is 0 Å². The summed E-state index contributed by atoms with van der Waals surface area (Å²) < 4.78 is 5.16. The molecule has 0 bridgehead atoms. The lowest BCUT2D eigenvalue weighted by molar-refractivity contribution is -0.138. The van der Waals surface area contributed by atoms with E-state index in [2.05, 4.69) is 5.32 Å². The Kier molecular flexibility index (Phi) is 7.89. The predicted octanol–water partition coefficient (Wildman–Crippen LogP) is 4.32. The smallest absolute Gasteiger partial charge is 0.299 e. The Morgan fingerprint density at radius 2 is 1.68 bits per heavy atom. The van der Waals surface area contributed by atoms with Gasteiger partial charge in [0.05, 0.1) is 18.4 Å². The van der Waals surface area contributed by atoms with Crippen molar-refractivity contribution in [3.63, 3.8) is 0 Å². The number of Topliss-reactive ketones (excluding diaryl/α,β-unsaturated/α-hetero) is 1. The van der Waals surface area contributed by atoms with Gasteiger partial charge in [0.2, 0.25) is 11.8 Å². The van der Waals surface area contributed by atoms with Crippen molar-refractivity contribution in [2.24, 2.45) is 0 Å². The number of hydrogen-bond donors (Lipinski definition) is 1. The van der Waals surface area contributed by atoms with Crippen molar-refractivity contribution < 1.29 is 23.9 Å². The van der Waals surface area contributed by atoms with Gasteiger partial charge in [-0.2, -0.15) is 0 Å². The highest BCUT2D eigenvalue weighted by Gasteiger charge is 2.38. The summed E-state index contributed by atoms with van der Waals surface area (Å²) in [6, 6.07) is 19.6. The molecule has 0 saturated carbocycles. The molecule has 1 unspecified atom stereocenters. The molecule has 37 heavy (non-hydrogen) atoms. The van der Waals surface area contributed by atoms with Gasteiger partial charge in [-0.05, 0) is 54.4 Å². The van der Waals surface area contributed by atoms with Crippen molar-refractivity contribution in [3.05, 3.63) is 88.9 Å². The summed E-state index contributed by atoms with van der Waals surface area (Å²) in [5, 5.41) is 3.30. The summed E-state index contributed by atoms with van der Waals surface area (Å²) in [6.07, 6.45) is 0.307. The Morgan fingerprint density at radius 3 is 2.35 bits per heavy atom. The van der Waals surface area contributed by atoms with Crippen LogP contribution in [0, 0.1) is 0 Å². The van der Waals surface area contributed by atoms with E-state index in [1.54, 1.807) is 86.8 Å². The van der Waals surface area contributed by atoms with E-state index in [0.29, 0.717) is 34.1 Å². The molecule has 3 aromatic rings. The zero-order valence-electron chi connectivity index (χ0n) is 20.4. The van der Waals surface area contributed by atoms with Crippen LogP contribution in [0.3, 0.4) is 0 Å². The number of nitrogens with one attached hydrogen (secondary N) is 1. The first kappa shape index (κ1) is 25.9. The van der Waals surface area contributed by atoms with E-state index in [1.807, 2.05) is 0 Å². The second-order valence-electron chi connectivity index (χ2n) is 8.49. The minimum atomic E-state index is -0.866. The summed E-state index contributed by atoms with van der Waals surface area (Å²) in [6.45, 7) is 1.45. The maximum atomic E-state index is 13.7. The van der Waals surface area contributed by atoms with Crippen LogP contribution >= 0.6 is 11.6 Å². The van der Waals surface area contributed by atoms with Crippen molar-refractivity contribution in [2.75, 3.05) is 23.9 Å². The number of hydrogen-bond acceptors (Lipinski definition) is 5. The topological polar surface area (TPSA) is 96.0 Å². The van der Waals surface area contributed by atoms with Crippen LogP contribution in [0.15, 0.2) is 72.8 Å². The number of nitrogens with zero attached hydrogens (tertiary/aromatic N) is 2. The Labute approximate surface area is 219 Å². The second-order valence-corrected chi connectivity index (χ2v) is 8.90. The van der Waals surface area contributed by atoms with Gasteiger partial charge in [0.25, 0.3) is 11.7 Å². The van der Waals surface area contributed by atoms with Crippen molar-refractivity contribution >= 4 is 46.5 Å². The van der Waals surface area contributed by atoms with Crippen molar-refractivity contribution in [2.45, 2.75) is 25.9 Å². The molecular formula is C28H26ClN3O5. The Bertz CT molecular complexity index is 1340. The summed E-state index contributed by atoms with van der Waals surface area (Å²) in [7, 11) is 1.55. The molecule has 0 aliphatic carbocycles. The third kappa shape index (κ3) is 5.49. The molecule has 0 saturated heterocycles. The molecule has 8 nitrogen and oxygen atoms in total. The fourth-order valence-corrected chi connectivity index (χ4v) is 4.46. The molecule has 3 amide bonds. The number of methoxy groups -OCH3 is 1. The fraction of sp³-hybridized carbons (Fsp3) is 0.214. The van der Waals surface area contributed by atoms with E-state index < -0.39 is 36.1 Å². The minimum Gasteiger partial charge on any atom is -0.497 e. The third-order valence-corrected chi connectivity index (χ3v) is 6.58. The molecule has 1 aliphatic heterocycles. The van der Waals surface area contributed by atoms with Crippen LogP contribution < -0.4 is 15.0 Å². The largest absolute Gasteiger partial charge is 0.497 e. The molecule has 0 spiro atoms. The number of ketones is 1. The number of benzene rings is 3. The van der Waals surface area contributed by atoms with E-state index in [4.69, 9.17) is 16.3 Å². The van der Waals surface area contributed by atoms with Crippen molar-refractivity contribution in [1.82, 2.24) is 4.90 Å². The number of fused-ring (bicyclic) bond motifs is 1. The lowest BCUT2D eigenvalue weighted by atomic mass is 10.1. The predicted molar refractivity (Wildman–Crippen MR) is 141 cm³/mol. The van der Waals surface area contributed by atoms with Crippen LogP contribution in [0.1, 0.15) is 29.3 Å². The SMILES string of the molecule is CCC(C(=O)Nc1ccc(OC)cc1)N(Cc1ccccc1Cl)C(=O)CN1C(=O)C(=O)c2ccccc21. The molecule has 0 aromatic heterocycles. The first-order valence-electron chi connectivity index (χ1n) is 11.8. The van der Waals surface area contributed by atoms with Gasteiger partial charge in [0.1, 0.15) is 18.3 Å². The van der Waals surface area contributed by atoms with Gasteiger partial charge >= 0.3 is 0 Å². The van der Waals surface area contributed by atoms with Crippen LogP contribution in [0.5, 0.6) is 5.75 Å². The molecule has 1 N–H and O–H groups in total. The Balaban J connectivity index is 1.62. The Morgan fingerprint density at radius 1 is 1.00 bits per heavy atom. The molecule has 9 heteroatoms. The zero-order chi connectivity index (χ0) is 26.5. The maximum Gasteiger partial charge on any atom is 0.299 e. The molecular weight excluding hydrogens is 494 g/mol. The summed E-state index contributed by atoms with van der Waals surface area (Å²) in [5.74, 6) is -1.68. The molecule has 3 aromatic carbocycles. The van der Waals surface area contributed by atoms with E-state index in [1.165, 1.54) is 4.90 Å². The lowest BCUT2D eigenvalue weighted by Gasteiger charge is -2.32. The highest BCUT2D eigenvalue weighted by Crippen LogP contribution is 2.29. The van der Waals surface area contributed by atoms with Gasteiger partial charge in [-0.25, -0.2) is 0 Å². The van der Waals surface area contributed by atoms with Crippen LogP contribution in [0.25, 0.3) is 0 Å². The van der Waals surface area contributed by atoms with Gasteiger partial charge in [-0.1, -0.05) is 48.9 Å². The van der Waals surface area contributed by atoms with Crippen LogP contribution in [0.4, 0.5) is 11.4 Å². The number of para-hydroxylation sites is 1. The normalized spacial score (nSPS) is 13.2. The lowest BCUT2D eigenvalue weighted by Crippen LogP contribution is -2.50. The Hall–Kier alpha value is -4.17. The van der Waals surface area contributed by atoms with Gasteiger partial charge in [0, 0.05) is 17.3 Å². The van der Waals surface area contributed by atoms with Crippen LogP contribution in [-0.2, 0) is 20.9 Å². The summed E-state index contributed by atoms with van der Waals surface area (Å²) in [4.78, 5) is 54.8. The van der Waals surface area contributed by atoms with Gasteiger partial charge in [-0.15, -0.1) is 0 Å². The van der Waals surface area contributed by atoms with Gasteiger partial charge in [0.15, 0.2) is 0 Å². The first-order chi connectivity index (χ1) is 17.8. The van der Waals surface area contributed by atoms with Gasteiger partial charge in [-0.3, -0.25) is 24.1 Å². The first-order valence-corrected chi connectivity index (χ1v) is 12.1. The molecule has 4 rings (SSSR count). The molecule has 1 aliphatic rings. The molecule has 1 heterocycles. The van der Waals surface area contributed by atoms with E-state index in [9.17, 15) is 19.2 Å². The van der Waals surface area contributed by atoms with Crippen LogP contribution in [0.2, 0.25) is 5.02 Å². The number of carbonyl (C=O) groups is 4. The third-order valence-electron chi connectivity index (χ3n) is 6.21. The van der Waals surface area contributed by atoms with Crippen molar-refractivity contribution in [3.8, 4) is 5.75 Å². The van der Waals surface area contributed by atoms with Crippen LogP contribution in [-0.4, -0.2) is 48.1 Å². The highest BCUT2D eigenvalue weighted by atomic mass is 35.5. The average Bonchev–Trinajstić information content (AvgIpc) is 3.15. The fourth-order valence-electron chi connectivity index (χ4n) is 4.26. The number of carbonyl (C=O) groups excluding carboxylic acids is 4. The maximum absolute atomic E-state index is 13.7. The number of rotatable bonds is 9. The standard InChI is InChI=1S/C28H26ClN3O5/c1-3-23(27(35)30-19-12-14-20(37-2)15-13-19)31(16-18-8-4-6-10-22(18)29)25(33)17-32-24-11-7-5-9-21(24)26(34)28(32)36/h4-15,23H,3,16-17H2,1-2H3,(H,30,35). The minimum absolute atomic E-state index is 0.0463. The van der Waals surface area contributed by atoms with Gasteiger partial charge < -0.3 is 15.0 Å². The molecule has 190 valence electrons. The number of halogens is 1. The highest BCUT2D eigenvalue weighted by molar-refractivity contribution is 6.52. The second kappa shape index (κ2) is 11.3. The average molecular weight is 520 g/mol.